The number of fused-ring (bicyclic) bond motifs is 1. The molecule has 0 bridgehead atoms. The van der Waals surface area contributed by atoms with Crippen LogP contribution in [-0.4, -0.2) is 4.98 Å². The molecule has 0 aliphatic carbocycles. The van der Waals surface area contributed by atoms with Crippen LogP contribution in [0.5, 0.6) is 0 Å². The van der Waals surface area contributed by atoms with Crippen LogP contribution >= 0.6 is 11.3 Å². The van der Waals surface area contributed by atoms with E-state index in [4.69, 9.17) is 5.73 Å². The first-order valence-corrected chi connectivity index (χ1v) is 7.25. The van der Waals surface area contributed by atoms with Crippen LogP contribution in [0, 0.1) is 6.92 Å². The number of nitrogens with two attached hydrogens (primary N) is 1. The number of benzene rings is 1. The molecule has 0 unspecified atom stereocenters. The van der Waals surface area contributed by atoms with Crippen LogP contribution in [0.1, 0.15) is 17.4 Å². The van der Waals surface area contributed by atoms with Crippen molar-refractivity contribution in [2.24, 2.45) is 0 Å². The van der Waals surface area contributed by atoms with Gasteiger partial charge in [0.25, 0.3) is 0 Å². The first kappa shape index (κ1) is 12.2. The van der Waals surface area contributed by atoms with E-state index in [-0.39, 0.29) is 0 Å². The fraction of sp³-hybridized carbons (Fsp3) is 0.188. The summed E-state index contributed by atoms with van der Waals surface area (Å²) in [6.07, 6.45) is 2.80. The van der Waals surface area contributed by atoms with Crippen molar-refractivity contribution >= 4 is 27.2 Å². The molecule has 3 heteroatoms. The third-order valence-electron chi connectivity index (χ3n) is 3.44. The second-order valence-electron chi connectivity index (χ2n) is 4.65. The summed E-state index contributed by atoms with van der Waals surface area (Å²) in [7, 11) is 0. The fourth-order valence-electron chi connectivity index (χ4n) is 2.47. The molecular weight excluding hydrogens is 252 g/mol. The highest BCUT2D eigenvalue weighted by atomic mass is 32.1. The molecule has 3 rings (SSSR count). The maximum Gasteiger partial charge on any atom is 0.126 e. The zero-order valence-electron chi connectivity index (χ0n) is 11.1. The zero-order chi connectivity index (χ0) is 13.4. The normalized spacial score (nSPS) is 11.1. The lowest BCUT2D eigenvalue weighted by Gasteiger charge is -2.06. The van der Waals surface area contributed by atoms with Crippen LogP contribution < -0.4 is 5.73 Å². The summed E-state index contributed by atoms with van der Waals surface area (Å²) in [5.74, 6) is 0.642. The van der Waals surface area contributed by atoms with E-state index in [1.165, 1.54) is 26.1 Å². The molecule has 0 spiro atoms. The van der Waals surface area contributed by atoms with E-state index in [1.54, 1.807) is 0 Å². The Morgan fingerprint density at radius 2 is 2.05 bits per heavy atom. The number of hydrogen-bond acceptors (Lipinski definition) is 3. The maximum absolute atomic E-state index is 5.90. The summed E-state index contributed by atoms with van der Waals surface area (Å²) < 4.78 is 1.32. The Labute approximate surface area is 116 Å². The monoisotopic (exact) mass is 268 g/mol. The second kappa shape index (κ2) is 4.67. The standard InChI is InChI=1S/C16H16N2S/c1-3-11-8-12(9-18-16(11)17)15-10(2)19-14-7-5-4-6-13(14)15/h4-9H,3H2,1-2H3,(H2,17,18). The van der Waals surface area contributed by atoms with E-state index in [0.717, 1.165) is 12.0 Å². The average molecular weight is 268 g/mol. The van der Waals surface area contributed by atoms with E-state index in [2.05, 4.69) is 49.2 Å². The summed E-state index contributed by atoms with van der Waals surface area (Å²) in [6.45, 7) is 4.28. The molecule has 2 heterocycles. The smallest absolute Gasteiger partial charge is 0.126 e. The number of pyridine rings is 1. The molecule has 19 heavy (non-hydrogen) atoms. The Morgan fingerprint density at radius 1 is 1.26 bits per heavy atom. The average Bonchev–Trinajstić information content (AvgIpc) is 2.75. The van der Waals surface area contributed by atoms with E-state index >= 15 is 0 Å². The number of hydrogen-bond donors (Lipinski definition) is 1. The van der Waals surface area contributed by atoms with Crippen LogP contribution in [0.15, 0.2) is 36.5 Å². The first-order valence-electron chi connectivity index (χ1n) is 6.43. The van der Waals surface area contributed by atoms with Gasteiger partial charge in [0, 0.05) is 32.3 Å². The minimum atomic E-state index is 0.642. The molecule has 0 amide bonds. The topological polar surface area (TPSA) is 38.9 Å². The fourth-order valence-corrected chi connectivity index (χ4v) is 3.55. The van der Waals surface area contributed by atoms with Crippen LogP contribution in [0.2, 0.25) is 0 Å². The van der Waals surface area contributed by atoms with Gasteiger partial charge in [0.15, 0.2) is 0 Å². The highest BCUT2D eigenvalue weighted by Crippen LogP contribution is 2.38. The number of rotatable bonds is 2. The Bertz CT molecular complexity index is 744. The number of nitrogen functional groups attached to an aromatic ring is 1. The predicted octanol–water partition coefficient (Wildman–Crippen LogP) is 4.42. The number of anilines is 1. The molecule has 0 aliphatic heterocycles. The Hall–Kier alpha value is -1.87. The number of aryl methyl sites for hydroxylation is 2. The largest absolute Gasteiger partial charge is 0.383 e. The third kappa shape index (κ3) is 2.00. The van der Waals surface area contributed by atoms with Crippen molar-refractivity contribution < 1.29 is 0 Å². The van der Waals surface area contributed by atoms with E-state index < -0.39 is 0 Å². The van der Waals surface area contributed by atoms with E-state index in [9.17, 15) is 0 Å². The summed E-state index contributed by atoms with van der Waals surface area (Å²) in [5.41, 5.74) is 9.48. The van der Waals surface area contributed by atoms with Crippen LogP contribution in [0.3, 0.4) is 0 Å². The van der Waals surface area contributed by atoms with Gasteiger partial charge in [-0.3, -0.25) is 0 Å². The van der Waals surface area contributed by atoms with E-state index in [0.29, 0.717) is 5.82 Å². The van der Waals surface area contributed by atoms with Gasteiger partial charge >= 0.3 is 0 Å². The summed E-state index contributed by atoms with van der Waals surface area (Å²) in [4.78, 5) is 5.66. The Balaban J connectivity index is 2.27. The minimum Gasteiger partial charge on any atom is -0.383 e. The SMILES string of the molecule is CCc1cc(-c2c(C)sc3ccccc23)cnc1N. The van der Waals surface area contributed by atoms with Crippen molar-refractivity contribution in [2.45, 2.75) is 20.3 Å². The summed E-state index contributed by atoms with van der Waals surface area (Å²) in [5, 5.41) is 1.30. The van der Waals surface area contributed by atoms with Crippen molar-refractivity contribution in [1.29, 1.82) is 0 Å². The third-order valence-corrected chi connectivity index (χ3v) is 4.53. The molecular formula is C16H16N2S. The van der Waals surface area contributed by atoms with Crippen molar-refractivity contribution in [1.82, 2.24) is 4.98 Å². The van der Waals surface area contributed by atoms with Gasteiger partial charge in [-0.15, -0.1) is 11.3 Å². The molecule has 2 nitrogen and oxygen atoms in total. The van der Waals surface area contributed by atoms with Crippen LogP contribution in [0.4, 0.5) is 5.82 Å². The van der Waals surface area contributed by atoms with Crippen molar-refractivity contribution in [3.05, 3.63) is 47.0 Å². The predicted molar refractivity (Wildman–Crippen MR) is 83.6 cm³/mol. The van der Waals surface area contributed by atoms with Crippen molar-refractivity contribution in [2.75, 3.05) is 5.73 Å². The van der Waals surface area contributed by atoms with Gasteiger partial charge in [-0.2, -0.15) is 0 Å². The molecule has 2 N–H and O–H groups in total. The van der Waals surface area contributed by atoms with Crippen LogP contribution in [0.25, 0.3) is 21.2 Å². The van der Waals surface area contributed by atoms with Gasteiger partial charge in [-0.25, -0.2) is 4.98 Å². The lowest BCUT2D eigenvalue weighted by molar-refractivity contribution is 1.11. The lowest BCUT2D eigenvalue weighted by Crippen LogP contribution is -1.97. The lowest BCUT2D eigenvalue weighted by atomic mass is 10.0. The molecule has 0 saturated heterocycles. The molecule has 0 saturated carbocycles. The van der Waals surface area contributed by atoms with Gasteiger partial charge in [0.1, 0.15) is 5.82 Å². The Morgan fingerprint density at radius 3 is 2.84 bits per heavy atom. The number of nitrogens with zero attached hydrogens (tertiary/aromatic N) is 1. The molecule has 0 aliphatic rings. The van der Waals surface area contributed by atoms with E-state index in [1.807, 2.05) is 17.5 Å². The van der Waals surface area contributed by atoms with Crippen LogP contribution in [-0.2, 0) is 6.42 Å². The molecule has 0 radical (unpaired) electrons. The van der Waals surface area contributed by atoms with Gasteiger partial charge in [-0.1, -0.05) is 25.1 Å². The molecule has 1 aromatic carbocycles. The summed E-state index contributed by atoms with van der Waals surface area (Å²) in [6, 6.07) is 10.7. The van der Waals surface area contributed by atoms with Gasteiger partial charge in [0.05, 0.1) is 0 Å². The second-order valence-corrected chi connectivity index (χ2v) is 5.91. The highest BCUT2D eigenvalue weighted by molar-refractivity contribution is 7.19. The first-order chi connectivity index (χ1) is 9.20. The Kier molecular flexibility index (Phi) is 2.99. The van der Waals surface area contributed by atoms with Crippen molar-refractivity contribution in [3.8, 4) is 11.1 Å². The molecule has 0 atom stereocenters. The summed E-state index contributed by atoms with van der Waals surface area (Å²) >= 11 is 1.83. The molecule has 0 fully saturated rings. The zero-order valence-corrected chi connectivity index (χ0v) is 11.9. The van der Waals surface area contributed by atoms with Gasteiger partial charge < -0.3 is 5.73 Å². The molecule has 3 aromatic rings. The molecule has 96 valence electrons. The maximum atomic E-state index is 5.90. The van der Waals surface area contributed by atoms with Crippen molar-refractivity contribution in [3.63, 3.8) is 0 Å². The quantitative estimate of drug-likeness (QED) is 0.747. The van der Waals surface area contributed by atoms with Gasteiger partial charge in [-0.05, 0) is 31.0 Å². The van der Waals surface area contributed by atoms with Gasteiger partial charge in [0.2, 0.25) is 0 Å². The minimum absolute atomic E-state index is 0.642. The highest BCUT2D eigenvalue weighted by Gasteiger charge is 2.12. The number of thiophene rings is 1. The number of aromatic nitrogens is 1. The molecule has 2 aromatic heterocycles.